The van der Waals surface area contributed by atoms with E-state index in [-0.39, 0.29) is 40.2 Å². The Hall–Kier alpha value is -2.64. The molecule has 0 saturated heterocycles. The number of benzene rings is 1. The van der Waals surface area contributed by atoms with Crippen molar-refractivity contribution in [1.29, 1.82) is 5.26 Å². The smallest absolute Gasteiger partial charge is 0.274 e. The third kappa shape index (κ3) is 5.84. The van der Waals surface area contributed by atoms with E-state index in [2.05, 4.69) is 36.6 Å². The first-order valence-corrected chi connectivity index (χ1v) is 11.4. The number of carbonyl (C=O) groups is 2. The topological polar surface area (TPSA) is 113 Å². The Kier molecular flexibility index (Phi) is 7.97. The van der Waals surface area contributed by atoms with E-state index in [1.165, 1.54) is 29.1 Å². The van der Waals surface area contributed by atoms with Crippen LogP contribution in [0.25, 0.3) is 5.82 Å². The second-order valence-corrected chi connectivity index (χ2v) is 9.15. The number of nitrogens with zero attached hydrogens (tertiary/aromatic N) is 4. The van der Waals surface area contributed by atoms with Crippen molar-refractivity contribution in [3.05, 3.63) is 67.0 Å². The maximum absolute atomic E-state index is 13.2. The van der Waals surface area contributed by atoms with Crippen LogP contribution < -0.4 is 10.6 Å². The lowest BCUT2D eigenvalue weighted by molar-refractivity contribution is 0.0941. The Morgan fingerprint density at radius 3 is 2.58 bits per heavy atom. The molecule has 8 nitrogen and oxygen atoms in total. The van der Waals surface area contributed by atoms with E-state index in [9.17, 15) is 9.59 Å². The van der Waals surface area contributed by atoms with E-state index in [0.717, 1.165) is 0 Å². The molecule has 3 aromatic rings. The number of amides is 2. The molecule has 2 N–H and O–H groups in total. The van der Waals surface area contributed by atoms with Crippen LogP contribution in [0.1, 0.15) is 39.8 Å². The van der Waals surface area contributed by atoms with E-state index in [0.29, 0.717) is 20.2 Å². The summed E-state index contributed by atoms with van der Waals surface area (Å²) in [7, 11) is 0. The molecule has 0 bridgehead atoms. The van der Waals surface area contributed by atoms with Crippen molar-refractivity contribution in [3.8, 4) is 11.9 Å². The number of anilines is 1. The molecule has 2 heterocycles. The van der Waals surface area contributed by atoms with Gasteiger partial charge in [-0.3, -0.25) is 9.59 Å². The molecular weight excluding hydrogens is 555 g/mol. The highest BCUT2D eigenvalue weighted by Gasteiger charge is 2.23. The summed E-state index contributed by atoms with van der Waals surface area (Å²) >= 11 is 21.6. The molecule has 0 radical (unpaired) electrons. The van der Waals surface area contributed by atoms with Gasteiger partial charge in [-0.25, -0.2) is 9.67 Å². The average molecular weight is 571 g/mol. The highest BCUT2D eigenvalue weighted by atomic mass is 79.9. The van der Waals surface area contributed by atoms with E-state index < -0.39 is 11.8 Å². The van der Waals surface area contributed by atoms with Gasteiger partial charge in [0, 0.05) is 23.3 Å². The Bertz CT molecular complexity index is 1290. The summed E-state index contributed by atoms with van der Waals surface area (Å²) in [6, 6.07) is 7.65. The van der Waals surface area contributed by atoms with Gasteiger partial charge >= 0.3 is 0 Å². The molecule has 0 fully saturated rings. The maximum Gasteiger partial charge on any atom is 0.274 e. The number of nitrogens with one attached hydrogen (secondary N) is 2. The minimum atomic E-state index is -0.564. The van der Waals surface area contributed by atoms with Gasteiger partial charge in [-0.2, -0.15) is 10.4 Å². The monoisotopic (exact) mass is 568 g/mol. The summed E-state index contributed by atoms with van der Waals surface area (Å²) in [5.74, 6) is -0.839. The Balaban J connectivity index is 1.99. The molecule has 12 heteroatoms. The number of hydrogen-bond donors (Lipinski definition) is 2. The third-order valence-electron chi connectivity index (χ3n) is 4.46. The predicted octanol–water partition coefficient (Wildman–Crippen LogP) is 5.58. The summed E-state index contributed by atoms with van der Waals surface area (Å²) < 4.78 is 1.63. The predicted molar refractivity (Wildman–Crippen MR) is 130 cm³/mol. The van der Waals surface area contributed by atoms with Crippen LogP contribution in [0.5, 0.6) is 0 Å². The molecule has 0 aliphatic heterocycles. The summed E-state index contributed by atoms with van der Waals surface area (Å²) in [6.07, 6.45) is 1.52. The van der Waals surface area contributed by atoms with Gasteiger partial charge in [0.2, 0.25) is 0 Å². The largest absolute Gasteiger partial charge is 0.348 e. The van der Waals surface area contributed by atoms with Crippen LogP contribution in [0, 0.1) is 18.3 Å². The number of carbonyl (C=O) groups excluding carboxylic acids is 2. The van der Waals surface area contributed by atoms with E-state index >= 15 is 0 Å². The lowest BCUT2D eigenvalue weighted by atomic mass is 10.1. The number of aromatic nitrogens is 3. The molecule has 2 aromatic heterocycles. The summed E-state index contributed by atoms with van der Waals surface area (Å²) in [5.41, 5.74) is 1.11. The normalized spacial score (nSPS) is 11.5. The zero-order chi connectivity index (χ0) is 24.3. The van der Waals surface area contributed by atoms with Crippen molar-refractivity contribution in [2.45, 2.75) is 26.3 Å². The zero-order valence-electron chi connectivity index (χ0n) is 17.3. The quantitative estimate of drug-likeness (QED) is 0.402. The number of rotatable bonds is 6. The zero-order valence-corrected chi connectivity index (χ0v) is 21.1. The molecule has 33 heavy (non-hydrogen) atoms. The molecule has 1 aromatic carbocycles. The van der Waals surface area contributed by atoms with Crippen molar-refractivity contribution < 1.29 is 9.59 Å². The van der Waals surface area contributed by atoms with Crippen molar-refractivity contribution in [2.75, 3.05) is 5.32 Å². The maximum atomic E-state index is 13.2. The second-order valence-electron chi connectivity index (χ2n) is 7.06. The van der Waals surface area contributed by atoms with Gasteiger partial charge in [-0.05, 0) is 53.5 Å². The number of pyridine rings is 1. The summed E-state index contributed by atoms with van der Waals surface area (Å²) in [4.78, 5) is 30.3. The average Bonchev–Trinajstić information content (AvgIpc) is 3.11. The SMILES string of the molecule is Cc1cc(Cl)cc(C(=O)NC(C)CC#N)c1NC(=O)c1cc(Br)nn1-c1ncc(Cl)cc1Cl. The van der Waals surface area contributed by atoms with Gasteiger partial charge < -0.3 is 10.6 Å². The lowest BCUT2D eigenvalue weighted by Gasteiger charge is -2.17. The molecule has 1 unspecified atom stereocenters. The molecular formula is C21H16BrCl3N6O2. The Morgan fingerprint density at radius 1 is 1.18 bits per heavy atom. The van der Waals surface area contributed by atoms with Gasteiger partial charge in [-0.1, -0.05) is 34.8 Å². The molecule has 0 aliphatic rings. The van der Waals surface area contributed by atoms with Gasteiger partial charge in [0.05, 0.1) is 33.8 Å². The van der Waals surface area contributed by atoms with Crippen molar-refractivity contribution in [3.63, 3.8) is 0 Å². The molecule has 0 aliphatic carbocycles. The Morgan fingerprint density at radius 2 is 1.91 bits per heavy atom. The number of aryl methyl sites for hydroxylation is 1. The molecule has 0 spiro atoms. The molecule has 2 amide bonds. The summed E-state index contributed by atoms with van der Waals surface area (Å²) in [6.45, 7) is 3.41. The lowest BCUT2D eigenvalue weighted by Crippen LogP contribution is -2.33. The highest BCUT2D eigenvalue weighted by Crippen LogP contribution is 2.28. The van der Waals surface area contributed by atoms with Crippen LogP contribution in [0.2, 0.25) is 15.1 Å². The fourth-order valence-electron chi connectivity index (χ4n) is 2.99. The van der Waals surface area contributed by atoms with Crippen molar-refractivity contribution in [1.82, 2.24) is 20.1 Å². The molecule has 170 valence electrons. The first-order valence-electron chi connectivity index (χ1n) is 9.47. The van der Waals surface area contributed by atoms with E-state index in [4.69, 9.17) is 40.1 Å². The van der Waals surface area contributed by atoms with Gasteiger partial charge in [-0.15, -0.1) is 0 Å². The fraction of sp³-hybridized carbons (Fsp3) is 0.190. The summed E-state index contributed by atoms with van der Waals surface area (Å²) in [5, 5.41) is 19.4. The first kappa shape index (κ1) is 25.0. The fourth-order valence-corrected chi connectivity index (χ4v) is 4.10. The number of halogens is 4. The highest BCUT2D eigenvalue weighted by molar-refractivity contribution is 9.10. The van der Waals surface area contributed by atoms with Gasteiger partial charge in [0.25, 0.3) is 11.8 Å². The van der Waals surface area contributed by atoms with Crippen LogP contribution in [0.4, 0.5) is 5.69 Å². The third-order valence-corrected chi connectivity index (χ3v) is 5.55. The standard InChI is InChI=1S/C21H16BrCl3N6O2/c1-10-5-12(23)6-14(20(32)28-11(2)3-4-26)18(10)29-21(33)16-8-17(22)30-31(16)19-15(25)7-13(24)9-27-19/h5-9,11H,3H2,1-2H3,(H,28,32)(H,29,33). The molecule has 1 atom stereocenters. The first-order chi connectivity index (χ1) is 15.6. The van der Waals surface area contributed by atoms with Gasteiger partial charge in [0.15, 0.2) is 5.82 Å². The number of nitriles is 1. The number of hydrogen-bond acceptors (Lipinski definition) is 5. The van der Waals surface area contributed by atoms with Crippen LogP contribution in [0.15, 0.2) is 35.1 Å². The van der Waals surface area contributed by atoms with Crippen molar-refractivity contribution in [2.24, 2.45) is 0 Å². The van der Waals surface area contributed by atoms with E-state index in [1.807, 2.05) is 6.07 Å². The Labute approximate surface area is 213 Å². The van der Waals surface area contributed by atoms with Crippen LogP contribution >= 0.6 is 50.7 Å². The van der Waals surface area contributed by atoms with Crippen molar-refractivity contribution >= 4 is 68.2 Å². The van der Waals surface area contributed by atoms with Crippen LogP contribution in [-0.2, 0) is 0 Å². The second kappa shape index (κ2) is 10.5. The van der Waals surface area contributed by atoms with E-state index in [1.54, 1.807) is 19.9 Å². The van der Waals surface area contributed by atoms with Gasteiger partial charge in [0.1, 0.15) is 10.3 Å². The van der Waals surface area contributed by atoms with Crippen LogP contribution in [-0.4, -0.2) is 32.6 Å². The van der Waals surface area contributed by atoms with Crippen LogP contribution in [0.3, 0.4) is 0 Å². The minimum absolute atomic E-state index is 0.108. The molecule has 3 rings (SSSR count). The molecule has 0 saturated carbocycles. The minimum Gasteiger partial charge on any atom is -0.348 e.